The minimum absolute atomic E-state index is 0.124. The van der Waals surface area contributed by atoms with Crippen molar-refractivity contribution >= 4 is 5.91 Å². The van der Waals surface area contributed by atoms with Crippen LogP contribution in [0.3, 0.4) is 0 Å². The molecule has 0 heterocycles. The molecule has 3 heteroatoms. The molecule has 0 saturated heterocycles. The summed E-state index contributed by atoms with van der Waals surface area (Å²) < 4.78 is 0. The molecule has 0 aliphatic rings. The van der Waals surface area contributed by atoms with E-state index in [2.05, 4.69) is 43.4 Å². The predicted molar refractivity (Wildman–Crippen MR) is 75.3 cm³/mol. The van der Waals surface area contributed by atoms with Gasteiger partial charge in [-0.3, -0.25) is 4.79 Å². The summed E-state index contributed by atoms with van der Waals surface area (Å²) in [5.74, 6) is 0.581. The van der Waals surface area contributed by atoms with E-state index in [0.29, 0.717) is 18.9 Å². The van der Waals surface area contributed by atoms with Crippen molar-refractivity contribution in [1.29, 1.82) is 0 Å². The van der Waals surface area contributed by atoms with Crippen LogP contribution >= 0.6 is 0 Å². The Hall–Kier alpha value is -1.35. The Labute approximate surface area is 110 Å². The van der Waals surface area contributed by atoms with Gasteiger partial charge in [0.15, 0.2) is 0 Å². The zero-order valence-electron chi connectivity index (χ0n) is 11.4. The van der Waals surface area contributed by atoms with E-state index in [4.69, 9.17) is 5.73 Å². The molecule has 0 aliphatic heterocycles. The van der Waals surface area contributed by atoms with Crippen molar-refractivity contribution in [2.24, 2.45) is 11.7 Å². The highest BCUT2D eigenvalue weighted by Gasteiger charge is 2.05. The summed E-state index contributed by atoms with van der Waals surface area (Å²) in [6, 6.07) is 8.33. The average molecular weight is 248 g/mol. The zero-order valence-corrected chi connectivity index (χ0v) is 11.4. The van der Waals surface area contributed by atoms with Gasteiger partial charge < -0.3 is 11.1 Å². The number of hydrogen-bond donors (Lipinski definition) is 2. The van der Waals surface area contributed by atoms with Gasteiger partial charge >= 0.3 is 0 Å². The zero-order chi connectivity index (χ0) is 13.4. The van der Waals surface area contributed by atoms with Crippen molar-refractivity contribution in [2.45, 2.75) is 33.1 Å². The predicted octanol–water partition coefficient (Wildman–Crippen LogP) is 2.03. The van der Waals surface area contributed by atoms with Crippen LogP contribution in [-0.2, 0) is 11.2 Å². The number of nitrogens with one attached hydrogen (secondary N) is 1. The fraction of sp³-hybridized carbons (Fsp3) is 0.533. The van der Waals surface area contributed by atoms with E-state index in [1.807, 2.05) is 0 Å². The van der Waals surface area contributed by atoms with Crippen LogP contribution in [0, 0.1) is 12.8 Å². The number of carbonyl (C=O) groups excluding carboxylic acids is 1. The molecule has 3 N–H and O–H groups in total. The molecule has 0 radical (unpaired) electrons. The molecule has 1 unspecified atom stereocenters. The number of carbonyl (C=O) groups is 1. The lowest BCUT2D eigenvalue weighted by Gasteiger charge is -2.11. The molecular formula is C15H24N2O. The van der Waals surface area contributed by atoms with Gasteiger partial charge in [-0.2, -0.15) is 0 Å². The molecule has 0 fully saturated rings. The van der Waals surface area contributed by atoms with Crippen LogP contribution in [0.5, 0.6) is 0 Å². The van der Waals surface area contributed by atoms with Crippen LogP contribution in [0.1, 0.15) is 30.9 Å². The molecule has 0 aliphatic carbocycles. The summed E-state index contributed by atoms with van der Waals surface area (Å²) in [5.41, 5.74) is 7.93. The molecule has 18 heavy (non-hydrogen) atoms. The van der Waals surface area contributed by atoms with E-state index < -0.39 is 0 Å². The molecular weight excluding hydrogens is 224 g/mol. The monoisotopic (exact) mass is 248 g/mol. The third-order valence-electron chi connectivity index (χ3n) is 3.07. The van der Waals surface area contributed by atoms with Gasteiger partial charge in [-0.25, -0.2) is 0 Å². The molecule has 0 spiro atoms. The highest BCUT2D eigenvalue weighted by atomic mass is 16.1. The maximum atomic E-state index is 11.6. The molecule has 1 amide bonds. The molecule has 1 rings (SSSR count). The number of hydrogen-bond acceptors (Lipinski definition) is 2. The van der Waals surface area contributed by atoms with Crippen molar-refractivity contribution in [3.8, 4) is 0 Å². The lowest BCUT2D eigenvalue weighted by Crippen LogP contribution is -2.29. The van der Waals surface area contributed by atoms with E-state index in [-0.39, 0.29) is 5.91 Å². The first-order valence-corrected chi connectivity index (χ1v) is 6.64. The average Bonchev–Trinajstić information content (AvgIpc) is 2.36. The topological polar surface area (TPSA) is 55.1 Å². The first kappa shape index (κ1) is 14.7. The number of rotatable bonds is 7. The third kappa shape index (κ3) is 5.82. The third-order valence-corrected chi connectivity index (χ3v) is 3.07. The number of nitrogens with two attached hydrogens (primary N) is 1. The second-order valence-corrected chi connectivity index (χ2v) is 4.97. The van der Waals surface area contributed by atoms with Gasteiger partial charge in [-0.1, -0.05) is 36.8 Å². The molecule has 3 nitrogen and oxygen atoms in total. The van der Waals surface area contributed by atoms with Crippen LogP contribution < -0.4 is 11.1 Å². The van der Waals surface area contributed by atoms with Crippen LogP contribution in [0.25, 0.3) is 0 Å². The normalized spacial score (nSPS) is 12.2. The van der Waals surface area contributed by atoms with Crippen LogP contribution in [0.2, 0.25) is 0 Å². The fourth-order valence-corrected chi connectivity index (χ4v) is 1.78. The van der Waals surface area contributed by atoms with Crippen LogP contribution in [0.15, 0.2) is 24.3 Å². The highest BCUT2D eigenvalue weighted by Crippen LogP contribution is 2.06. The van der Waals surface area contributed by atoms with E-state index in [1.165, 1.54) is 11.1 Å². The molecule has 1 aromatic rings. The number of benzene rings is 1. The molecule has 1 atom stereocenters. The van der Waals surface area contributed by atoms with Crippen molar-refractivity contribution < 1.29 is 4.79 Å². The van der Waals surface area contributed by atoms with Gasteiger partial charge in [-0.05, 0) is 37.8 Å². The largest absolute Gasteiger partial charge is 0.356 e. The Morgan fingerprint density at radius 2 is 2.00 bits per heavy atom. The number of aryl methyl sites for hydroxylation is 2. The number of amides is 1. The summed E-state index contributed by atoms with van der Waals surface area (Å²) in [6.07, 6.45) is 2.31. The van der Waals surface area contributed by atoms with Gasteiger partial charge in [0.1, 0.15) is 0 Å². The van der Waals surface area contributed by atoms with Gasteiger partial charge in [0.2, 0.25) is 5.91 Å². The van der Waals surface area contributed by atoms with Crippen molar-refractivity contribution in [1.82, 2.24) is 5.32 Å². The van der Waals surface area contributed by atoms with Gasteiger partial charge in [0, 0.05) is 13.0 Å². The maximum absolute atomic E-state index is 11.6. The van der Waals surface area contributed by atoms with E-state index in [0.717, 1.165) is 19.4 Å². The van der Waals surface area contributed by atoms with Gasteiger partial charge in [-0.15, -0.1) is 0 Å². The molecule has 0 saturated carbocycles. The van der Waals surface area contributed by atoms with Crippen LogP contribution in [0.4, 0.5) is 0 Å². The molecule has 100 valence electrons. The van der Waals surface area contributed by atoms with E-state index in [9.17, 15) is 4.79 Å². The Kier molecular flexibility index (Phi) is 6.44. The molecule has 0 aromatic heterocycles. The standard InChI is InChI=1S/C15H24N2O/c1-12-3-5-14(6-4-12)7-8-15(18)17-11-13(2)9-10-16/h3-6,13H,7-11,16H2,1-2H3,(H,17,18). The second kappa shape index (κ2) is 7.88. The molecule has 1 aromatic carbocycles. The maximum Gasteiger partial charge on any atom is 0.220 e. The summed E-state index contributed by atoms with van der Waals surface area (Å²) in [4.78, 5) is 11.6. The SMILES string of the molecule is Cc1ccc(CCC(=O)NCC(C)CCN)cc1. The minimum Gasteiger partial charge on any atom is -0.356 e. The van der Waals surface area contributed by atoms with Crippen molar-refractivity contribution in [3.63, 3.8) is 0 Å². The Bertz CT molecular complexity index is 359. The highest BCUT2D eigenvalue weighted by molar-refractivity contribution is 5.76. The van der Waals surface area contributed by atoms with Crippen molar-refractivity contribution in [2.75, 3.05) is 13.1 Å². The second-order valence-electron chi connectivity index (χ2n) is 4.97. The first-order valence-electron chi connectivity index (χ1n) is 6.64. The van der Waals surface area contributed by atoms with Gasteiger partial charge in [0.05, 0.1) is 0 Å². The van der Waals surface area contributed by atoms with E-state index >= 15 is 0 Å². The lowest BCUT2D eigenvalue weighted by atomic mass is 10.1. The Morgan fingerprint density at radius 3 is 2.61 bits per heavy atom. The van der Waals surface area contributed by atoms with E-state index in [1.54, 1.807) is 0 Å². The van der Waals surface area contributed by atoms with Crippen LogP contribution in [-0.4, -0.2) is 19.0 Å². The first-order chi connectivity index (χ1) is 8.61. The summed E-state index contributed by atoms with van der Waals surface area (Å²) in [7, 11) is 0. The summed E-state index contributed by atoms with van der Waals surface area (Å²) in [5, 5.41) is 2.95. The quantitative estimate of drug-likeness (QED) is 0.775. The van der Waals surface area contributed by atoms with Crippen molar-refractivity contribution in [3.05, 3.63) is 35.4 Å². The smallest absolute Gasteiger partial charge is 0.220 e. The Balaban J connectivity index is 2.22. The molecule has 0 bridgehead atoms. The fourth-order valence-electron chi connectivity index (χ4n) is 1.78. The lowest BCUT2D eigenvalue weighted by molar-refractivity contribution is -0.121. The van der Waals surface area contributed by atoms with Gasteiger partial charge in [0.25, 0.3) is 0 Å². The minimum atomic E-state index is 0.124. The Morgan fingerprint density at radius 1 is 1.33 bits per heavy atom. The summed E-state index contributed by atoms with van der Waals surface area (Å²) >= 11 is 0. The summed E-state index contributed by atoms with van der Waals surface area (Å²) in [6.45, 7) is 5.58.